The molecule has 2 aliphatic rings. The number of piperidine rings is 1. The van der Waals surface area contributed by atoms with Crippen molar-refractivity contribution in [2.24, 2.45) is 0 Å². The Morgan fingerprint density at radius 1 is 1.19 bits per heavy atom. The maximum absolute atomic E-state index is 12.6. The van der Waals surface area contributed by atoms with E-state index in [1.54, 1.807) is 13.2 Å². The van der Waals surface area contributed by atoms with E-state index < -0.39 is 0 Å². The molecule has 1 aliphatic carbocycles. The molecule has 0 spiro atoms. The summed E-state index contributed by atoms with van der Waals surface area (Å²) in [5, 5.41) is 3.06. The van der Waals surface area contributed by atoms with Crippen LogP contribution < -0.4 is 14.8 Å². The van der Waals surface area contributed by atoms with Gasteiger partial charge in [0.15, 0.2) is 0 Å². The van der Waals surface area contributed by atoms with Crippen LogP contribution in [-0.4, -0.2) is 49.7 Å². The van der Waals surface area contributed by atoms with Crippen molar-refractivity contribution >= 4 is 5.91 Å². The van der Waals surface area contributed by atoms with Crippen molar-refractivity contribution in [2.75, 3.05) is 26.7 Å². The van der Waals surface area contributed by atoms with Gasteiger partial charge in [0.1, 0.15) is 29.1 Å². The second-order valence-corrected chi connectivity index (χ2v) is 8.91. The summed E-state index contributed by atoms with van der Waals surface area (Å²) in [5.74, 6) is 3.75. The minimum atomic E-state index is -0.0558. The molecule has 0 radical (unpaired) electrons. The van der Waals surface area contributed by atoms with Crippen LogP contribution in [0.2, 0.25) is 0 Å². The average Bonchev–Trinajstić information content (AvgIpc) is 3.49. The molecule has 1 unspecified atom stereocenters. The van der Waals surface area contributed by atoms with Gasteiger partial charge in [-0.2, -0.15) is 0 Å². The SMILES string of the molecule is COc1ccc(C(=O)NC2CC2)c(OC2CCN(CCC(C)c3ccc(C)o3)CC2)c1. The Labute approximate surface area is 184 Å². The van der Waals surface area contributed by atoms with E-state index in [-0.39, 0.29) is 12.0 Å². The second kappa shape index (κ2) is 9.77. The third-order valence-electron chi connectivity index (χ3n) is 6.30. The summed E-state index contributed by atoms with van der Waals surface area (Å²) in [4.78, 5) is 15.1. The molecule has 1 N–H and O–H groups in total. The number of aryl methyl sites for hydroxylation is 1. The number of hydrogen-bond donors (Lipinski definition) is 1. The molecule has 1 aliphatic heterocycles. The largest absolute Gasteiger partial charge is 0.497 e. The molecule has 6 nitrogen and oxygen atoms in total. The van der Waals surface area contributed by atoms with Crippen LogP contribution in [0.5, 0.6) is 11.5 Å². The lowest BCUT2D eigenvalue weighted by molar-refractivity contribution is 0.0897. The number of likely N-dealkylation sites (tertiary alicyclic amines) is 1. The van der Waals surface area contributed by atoms with Gasteiger partial charge in [0.2, 0.25) is 0 Å². The van der Waals surface area contributed by atoms with Crippen molar-refractivity contribution in [3.8, 4) is 11.5 Å². The summed E-state index contributed by atoms with van der Waals surface area (Å²) in [7, 11) is 1.63. The van der Waals surface area contributed by atoms with Gasteiger partial charge in [-0.05, 0) is 69.8 Å². The molecule has 1 aromatic carbocycles. The number of carbonyl (C=O) groups is 1. The highest BCUT2D eigenvalue weighted by molar-refractivity contribution is 5.97. The van der Waals surface area contributed by atoms with Gasteiger partial charge >= 0.3 is 0 Å². The molecule has 4 rings (SSSR count). The fourth-order valence-corrected chi connectivity index (χ4v) is 4.07. The highest BCUT2D eigenvalue weighted by Gasteiger charge is 2.27. The van der Waals surface area contributed by atoms with Gasteiger partial charge in [-0.25, -0.2) is 0 Å². The number of methoxy groups -OCH3 is 1. The molecule has 2 heterocycles. The Balaban J connectivity index is 1.29. The number of benzene rings is 1. The molecule has 1 atom stereocenters. The van der Waals surface area contributed by atoms with Crippen molar-refractivity contribution in [3.63, 3.8) is 0 Å². The van der Waals surface area contributed by atoms with Crippen LogP contribution in [0.3, 0.4) is 0 Å². The van der Waals surface area contributed by atoms with Gasteiger partial charge < -0.3 is 24.1 Å². The first-order valence-corrected chi connectivity index (χ1v) is 11.5. The van der Waals surface area contributed by atoms with Gasteiger partial charge in [-0.3, -0.25) is 4.79 Å². The Morgan fingerprint density at radius 2 is 1.97 bits per heavy atom. The molecule has 0 bridgehead atoms. The van der Waals surface area contributed by atoms with Crippen molar-refractivity contribution in [1.29, 1.82) is 0 Å². The minimum Gasteiger partial charge on any atom is -0.497 e. The number of amides is 1. The number of ether oxygens (including phenoxy) is 2. The van der Waals surface area contributed by atoms with E-state index >= 15 is 0 Å². The number of nitrogens with zero attached hydrogens (tertiary/aromatic N) is 1. The summed E-state index contributed by atoms with van der Waals surface area (Å²) in [6.45, 7) is 7.28. The van der Waals surface area contributed by atoms with Gasteiger partial charge in [0.05, 0.1) is 12.7 Å². The Kier molecular flexibility index (Phi) is 6.86. The summed E-state index contributed by atoms with van der Waals surface area (Å²) in [5.41, 5.74) is 0.595. The maximum Gasteiger partial charge on any atom is 0.255 e. The topological polar surface area (TPSA) is 63.9 Å². The number of furan rings is 1. The van der Waals surface area contributed by atoms with Crippen LogP contribution in [-0.2, 0) is 0 Å². The minimum absolute atomic E-state index is 0.0558. The lowest BCUT2D eigenvalue weighted by Crippen LogP contribution is -2.39. The highest BCUT2D eigenvalue weighted by Crippen LogP contribution is 2.29. The molecule has 6 heteroatoms. The van der Waals surface area contributed by atoms with Gasteiger partial charge in [-0.15, -0.1) is 0 Å². The molecule has 31 heavy (non-hydrogen) atoms. The van der Waals surface area contributed by atoms with Crippen LogP contribution in [0.1, 0.15) is 66.8 Å². The molecule has 1 aromatic heterocycles. The van der Waals surface area contributed by atoms with Gasteiger partial charge in [0.25, 0.3) is 5.91 Å². The molecule has 1 saturated heterocycles. The normalized spacial score (nSPS) is 18.5. The Bertz CT molecular complexity index is 881. The number of nitrogens with one attached hydrogen (secondary N) is 1. The summed E-state index contributed by atoms with van der Waals surface area (Å²) >= 11 is 0. The van der Waals surface area contributed by atoms with Crippen LogP contribution in [0.15, 0.2) is 34.7 Å². The second-order valence-electron chi connectivity index (χ2n) is 8.91. The van der Waals surface area contributed by atoms with E-state index in [4.69, 9.17) is 13.9 Å². The van der Waals surface area contributed by atoms with E-state index in [2.05, 4.69) is 23.2 Å². The molecule has 1 amide bonds. The van der Waals surface area contributed by atoms with E-state index in [1.165, 1.54) is 0 Å². The Hall–Kier alpha value is -2.47. The van der Waals surface area contributed by atoms with Gasteiger partial charge in [-0.1, -0.05) is 6.92 Å². The highest BCUT2D eigenvalue weighted by atomic mass is 16.5. The lowest BCUT2D eigenvalue weighted by atomic mass is 10.0. The molecular weight excluding hydrogens is 392 g/mol. The summed E-state index contributed by atoms with van der Waals surface area (Å²) < 4.78 is 17.4. The van der Waals surface area contributed by atoms with E-state index in [0.717, 1.165) is 63.3 Å². The average molecular weight is 427 g/mol. The van der Waals surface area contributed by atoms with Crippen molar-refractivity contribution in [3.05, 3.63) is 47.4 Å². The fraction of sp³-hybridized carbons (Fsp3) is 0.560. The predicted molar refractivity (Wildman–Crippen MR) is 120 cm³/mol. The first-order valence-electron chi connectivity index (χ1n) is 11.5. The third kappa shape index (κ3) is 5.82. The van der Waals surface area contributed by atoms with Crippen LogP contribution in [0, 0.1) is 6.92 Å². The van der Waals surface area contributed by atoms with E-state index in [1.807, 2.05) is 25.1 Å². The fourth-order valence-electron chi connectivity index (χ4n) is 4.07. The van der Waals surface area contributed by atoms with Crippen LogP contribution in [0.25, 0.3) is 0 Å². The number of carbonyl (C=O) groups excluding carboxylic acids is 1. The van der Waals surface area contributed by atoms with E-state index in [9.17, 15) is 4.79 Å². The number of hydrogen-bond acceptors (Lipinski definition) is 5. The van der Waals surface area contributed by atoms with Crippen LogP contribution >= 0.6 is 0 Å². The Morgan fingerprint density at radius 3 is 2.61 bits per heavy atom. The monoisotopic (exact) mass is 426 g/mol. The van der Waals surface area contributed by atoms with Crippen molar-refractivity contribution < 1.29 is 18.7 Å². The summed E-state index contributed by atoms with van der Waals surface area (Å²) in [6.07, 6.45) is 5.23. The van der Waals surface area contributed by atoms with Crippen molar-refractivity contribution in [2.45, 2.75) is 64.0 Å². The molecule has 2 aromatic rings. The zero-order valence-corrected chi connectivity index (χ0v) is 18.9. The predicted octanol–water partition coefficient (Wildman–Crippen LogP) is 4.53. The van der Waals surface area contributed by atoms with Gasteiger partial charge in [0, 0.05) is 31.1 Å². The smallest absolute Gasteiger partial charge is 0.255 e. The zero-order valence-electron chi connectivity index (χ0n) is 18.9. The van der Waals surface area contributed by atoms with E-state index in [0.29, 0.717) is 29.0 Å². The molecule has 168 valence electrons. The number of rotatable bonds is 9. The standard InChI is InChI=1S/C25H34N2O4/c1-17(23-9-4-18(2)30-23)10-13-27-14-11-20(12-15-27)31-24-16-21(29-3)7-8-22(24)25(28)26-19-5-6-19/h4,7-9,16-17,19-20H,5-6,10-15H2,1-3H3,(H,26,28). The first-order chi connectivity index (χ1) is 15.0. The third-order valence-corrected chi connectivity index (χ3v) is 6.30. The quantitative estimate of drug-likeness (QED) is 0.638. The van der Waals surface area contributed by atoms with Crippen LogP contribution in [0.4, 0.5) is 0 Å². The zero-order chi connectivity index (χ0) is 21.8. The molecular formula is C25H34N2O4. The summed E-state index contributed by atoms with van der Waals surface area (Å²) in [6, 6.07) is 9.90. The first kappa shape index (κ1) is 21.8. The maximum atomic E-state index is 12.6. The van der Waals surface area contributed by atoms with Crippen molar-refractivity contribution in [1.82, 2.24) is 10.2 Å². The lowest BCUT2D eigenvalue weighted by Gasteiger charge is -2.33. The molecule has 1 saturated carbocycles. The molecule has 2 fully saturated rings.